The number of hydrogen-bond acceptors (Lipinski definition) is 4. The monoisotopic (exact) mass is 316 g/mol. The van der Waals surface area contributed by atoms with E-state index < -0.39 is 0 Å². The number of thioether (sulfide) groups is 1. The van der Waals surface area contributed by atoms with Gasteiger partial charge in [-0.15, -0.1) is 10.2 Å². The largest absolute Gasteiger partial charge is 0.355 e. The second-order valence-corrected chi connectivity index (χ2v) is 6.66. The zero-order chi connectivity index (χ0) is 15.5. The Labute approximate surface area is 134 Å². The van der Waals surface area contributed by atoms with Crippen molar-refractivity contribution in [2.45, 2.75) is 24.9 Å². The molecule has 2 aromatic rings. The molecule has 1 heterocycles. The van der Waals surface area contributed by atoms with Crippen molar-refractivity contribution < 1.29 is 4.79 Å². The molecule has 0 atom stereocenters. The molecule has 0 saturated heterocycles. The molecular weight excluding hydrogens is 296 g/mol. The van der Waals surface area contributed by atoms with E-state index in [1.165, 1.54) is 24.6 Å². The highest BCUT2D eigenvalue weighted by molar-refractivity contribution is 7.99. The molecule has 5 nitrogen and oxygen atoms in total. The molecule has 1 aliphatic rings. The average molecular weight is 316 g/mol. The number of rotatable bonds is 6. The normalized spacial score (nSPS) is 14.1. The van der Waals surface area contributed by atoms with Gasteiger partial charge in [0.05, 0.1) is 5.75 Å². The molecule has 0 spiro atoms. The van der Waals surface area contributed by atoms with Gasteiger partial charge in [-0.1, -0.05) is 36.0 Å². The van der Waals surface area contributed by atoms with Crippen LogP contribution in [-0.4, -0.2) is 33.0 Å². The van der Waals surface area contributed by atoms with E-state index in [9.17, 15) is 4.79 Å². The van der Waals surface area contributed by atoms with Crippen LogP contribution in [0.3, 0.4) is 0 Å². The topological polar surface area (TPSA) is 59.8 Å². The molecule has 1 amide bonds. The molecule has 0 aliphatic heterocycles. The summed E-state index contributed by atoms with van der Waals surface area (Å²) in [5, 5.41) is 12.2. The lowest BCUT2D eigenvalue weighted by molar-refractivity contribution is -0.118. The van der Waals surface area contributed by atoms with Gasteiger partial charge in [0.25, 0.3) is 0 Å². The molecule has 0 bridgehead atoms. The van der Waals surface area contributed by atoms with Crippen molar-refractivity contribution in [1.82, 2.24) is 20.1 Å². The average Bonchev–Trinajstić information content (AvgIpc) is 3.27. The van der Waals surface area contributed by atoms with Gasteiger partial charge in [0.1, 0.15) is 0 Å². The number of aryl methyl sites for hydroxylation is 1. The van der Waals surface area contributed by atoms with Gasteiger partial charge in [-0.25, -0.2) is 0 Å². The molecule has 1 aromatic carbocycles. The summed E-state index contributed by atoms with van der Waals surface area (Å²) in [6.45, 7) is 2.87. The Bertz CT molecular complexity index is 679. The number of carbonyl (C=O) groups excluding carboxylic acids is 1. The van der Waals surface area contributed by atoms with Crippen molar-refractivity contribution in [3.63, 3.8) is 0 Å². The van der Waals surface area contributed by atoms with Crippen LogP contribution in [0.1, 0.15) is 18.4 Å². The smallest absolute Gasteiger partial charge is 0.230 e. The molecule has 1 saturated carbocycles. The first-order valence-electron chi connectivity index (χ1n) is 7.50. The highest BCUT2D eigenvalue weighted by Crippen LogP contribution is 2.28. The van der Waals surface area contributed by atoms with Gasteiger partial charge < -0.3 is 9.88 Å². The zero-order valence-corrected chi connectivity index (χ0v) is 13.7. The van der Waals surface area contributed by atoms with Gasteiger partial charge in [0.2, 0.25) is 5.91 Å². The van der Waals surface area contributed by atoms with Crippen LogP contribution in [0.5, 0.6) is 0 Å². The van der Waals surface area contributed by atoms with E-state index in [4.69, 9.17) is 0 Å². The van der Waals surface area contributed by atoms with Gasteiger partial charge in [-0.05, 0) is 31.2 Å². The lowest BCUT2D eigenvalue weighted by atomic mass is 10.1. The zero-order valence-electron chi connectivity index (χ0n) is 12.9. The number of amides is 1. The first-order valence-corrected chi connectivity index (χ1v) is 8.48. The van der Waals surface area contributed by atoms with Crippen molar-refractivity contribution in [3.8, 4) is 11.4 Å². The third-order valence-corrected chi connectivity index (χ3v) is 4.86. The highest BCUT2D eigenvalue weighted by atomic mass is 32.2. The van der Waals surface area contributed by atoms with Gasteiger partial charge in [0, 0.05) is 19.2 Å². The van der Waals surface area contributed by atoms with E-state index >= 15 is 0 Å². The SMILES string of the molecule is Cc1ccccc1-c1nnc(SCC(=O)NCC2CC2)n1C. The fraction of sp³-hybridized carbons (Fsp3) is 0.438. The fourth-order valence-corrected chi connectivity index (χ4v) is 3.00. The van der Waals surface area contributed by atoms with Crippen LogP contribution >= 0.6 is 11.8 Å². The summed E-state index contributed by atoms with van der Waals surface area (Å²) in [6.07, 6.45) is 2.49. The second kappa shape index (κ2) is 6.52. The summed E-state index contributed by atoms with van der Waals surface area (Å²) in [4.78, 5) is 11.8. The Balaban J connectivity index is 1.63. The minimum absolute atomic E-state index is 0.0670. The molecule has 0 unspecified atom stereocenters. The minimum Gasteiger partial charge on any atom is -0.355 e. The van der Waals surface area contributed by atoms with Gasteiger partial charge in [-0.2, -0.15) is 0 Å². The number of nitrogens with one attached hydrogen (secondary N) is 1. The number of benzene rings is 1. The van der Waals surface area contributed by atoms with Crippen molar-refractivity contribution in [2.24, 2.45) is 13.0 Å². The third-order valence-electron chi connectivity index (χ3n) is 3.84. The molecule has 116 valence electrons. The quantitative estimate of drug-likeness (QED) is 0.832. The van der Waals surface area contributed by atoms with E-state index in [-0.39, 0.29) is 5.91 Å². The lowest BCUT2D eigenvalue weighted by Crippen LogP contribution is -2.27. The molecule has 22 heavy (non-hydrogen) atoms. The molecular formula is C16H20N4OS. The maximum Gasteiger partial charge on any atom is 0.230 e. The highest BCUT2D eigenvalue weighted by Gasteiger charge is 2.21. The fourth-order valence-electron chi connectivity index (χ4n) is 2.26. The van der Waals surface area contributed by atoms with Crippen molar-refractivity contribution in [1.29, 1.82) is 0 Å². The summed E-state index contributed by atoms with van der Waals surface area (Å²) in [5.74, 6) is 1.99. The summed E-state index contributed by atoms with van der Waals surface area (Å²) in [7, 11) is 1.94. The van der Waals surface area contributed by atoms with E-state index in [1.807, 2.05) is 29.8 Å². The molecule has 1 aromatic heterocycles. The van der Waals surface area contributed by atoms with Crippen LogP contribution in [0.15, 0.2) is 29.4 Å². The van der Waals surface area contributed by atoms with Crippen LogP contribution < -0.4 is 5.32 Å². The molecule has 1 aliphatic carbocycles. The number of hydrogen-bond donors (Lipinski definition) is 1. The van der Waals surface area contributed by atoms with Crippen LogP contribution in [0.25, 0.3) is 11.4 Å². The Morgan fingerprint density at radius 3 is 2.86 bits per heavy atom. The molecule has 6 heteroatoms. The van der Waals surface area contributed by atoms with E-state index in [1.54, 1.807) is 0 Å². The predicted molar refractivity (Wildman–Crippen MR) is 87.6 cm³/mol. The Morgan fingerprint density at radius 2 is 2.14 bits per heavy atom. The molecule has 0 radical (unpaired) electrons. The number of carbonyl (C=O) groups is 1. The molecule has 1 N–H and O–H groups in total. The Kier molecular flexibility index (Phi) is 4.47. The predicted octanol–water partition coefficient (Wildman–Crippen LogP) is 2.41. The molecule has 1 fully saturated rings. The maximum atomic E-state index is 11.8. The van der Waals surface area contributed by atoms with Crippen molar-refractivity contribution in [2.75, 3.05) is 12.3 Å². The van der Waals surface area contributed by atoms with Crippen LogP contribution in [0.4, 0.5) is 0 Å². The third kappa shape index (κ3) is 3.50. The summed E-state index contributed by atoms with van der Waals surface area (Å²) in [5.41, 5.74) is 2.24. The van der Waals surface area contributed by atoms with Gasteiger partial charge in [-0.3, -0.25) is 4.79 Å². The van der Waals surface area contributed by atoms with Crippen LogP contribution in [0, 0.1) is 12.8 Å². The van der Waals surface area contributed by atoms with Crippen molar-refractivity contribution >= 4 is 17.7 Å². The second-order valence-electron chi connectivity index (χ2n) is 5.72. The molecule has 3 rings (SSSR count). The van der Waals surface area contributed by atoms with E-state index in [0.717, 1.165) is 28.7 Å². The summed E-state index contributed by atoms with van der Waals surface area (Å²) < 4.78 is 1.95. The van der Waals surface area contributed by atoms with Gasteiger partial charge in [0.15, 0.2) is 11.0 Å². The first kappa shape index (κ1) is 15.1. The standard InChI is InChI=1S/C16H20N4OS/c1-11-5-3-4-6-13(11)15-18-19-16(20(15)2)22-10-14(21)17-9-12-7-8-12/h3-6,12H,7-10H2,1-2H3,(H,17,21). The summed E-state index contributed by atoms with van der Waals surface area (Å²) in [6, 6.07) is 8.10. The number of nitrogens with zero attached hydrogens (tertiary/aromatic N) is 3. The Hall–Kier alpha value is -1.82. The number of aromatic nitrogens is 3. The van der Waals surface area contributed by atoms with Crippen molar-refractivity contribution in [3.05, 3.63) is 29.8 Å². The maximum absolute atomic E-state index is 11.8. The van der Waals surface area contributed by atoms with Gasteiger partial charge >= 0.3 is 0 Å². The summed E-state index contributed by atoms with van der Waals surface area (Å²) >= 11 is 1.43. The van der Waals surface area contributed by atoms with Crippen LogP contribution in [0.2, 0.25) is 0 Å². The van der Waals surface area contributed by atoms with Crippen LogP contribution in [-0.2, 0) is 11.8 Å². The minimum atomic E-state index is 0.0670. The first-order chi connectivity index (χ1) is 10.6. The van der Waals surface area contributed by atoms with E-state index in [2.05, 4.69) is 28.5 Å². The lowest BCUT2D eigenvalue weighted by Gasteiger charge is -2.06. The van der Waals surface area contributed by atoms with E-state index in [0.29, 0.717) is 11.7 Å². The Morgan fingerprint density at radius 1 is 1.36 bits per heavy atom.